The highest BCUT2D eigenvalue weighted by molar-refractivity contribution is 5.87. The highest BCUT2D eigenvalue weighted by Gasteiger charge is 2.23. The number of nitrogens with one attached hydrogen (secondary N) is 1. The van der Waals surface area contributed by atoms with Gasteiger partial charge >= 0.3 is 0 Å². The van der Waals surface area contributed by atoms with Crippen LogP contribution in [-0.4, -0.2) is 24.1 Å². The molecular formula is C16H25N3O. The van der Waals surface area contributed by atoms with E-state index in [0.29, 0.717) is 6.54 Å². The third kappa shape index (κ3) is 3.73. The van der Waals surface area contributed by atoms with Crippen LogP contribution in [0.5, 0.6) is 0 Å². The quantitative estimate of drug-likeness (QED) is 0.323. The van der Waals surface area contributed by atoms with Crippen molar-refractivity contribution in [1.29, 1.82) is 0 Å². The molecule has 2 rings (SSSR count). The average Bonchev–Trinajstić information content (AvgIpc) is 2.89. The third-order valence-corrected chi connectivity index (χ3v) is 4.47. The summed E-state index contributed by atoms with van der Waals surface area (Å²) < 4.78 is 0. The van der Waals surface area contributed by atoms with Crippen molar-refractivity contribution < 1.29 is 5.21 Å². The predicted molar refractivity (Wildman–Crippen MR) is 82.0 cm³/mol. The van der Waals surface area contributed by atoms with Gasteiger partial charge in [-0.15, -0.1) is 0 Å². The van der Waals surface area contributed by atoms with Crippen molar-refractivity contribution >= 4 is 5.84 Å². The standard InChI is InChI=1S/C16H25N3O/c1-12-6-5-9-14(12)10-18-11-15(16(17)19-20)13-7-3-2-4-8-13/h2-4,7-8,12,14-15,18,20H,5-6,9-11H2,1H3,(H2,17,19). The smallest absolute Gasteiger partial charge is 0.147 e. The lowest BCUT2D eigenvalue weighted by Crippen LogP contribution is -2.34. The molecule has 0 saturated heterocycles. The highest BCUT2D eigenvalue weighted by atomic mass is 16.4. The Morgan fingerprint density at radius 1 is 1.40 bits per heavy atom. The fourth-order valence-electron chi connectivity index (χ4n) is 3.09. The molecule has 4 N–H and O–H groups in total. The first-order valence-corrected chi connectivity index (χ1v) is 7.45. The van der Waals surface area contributed by atoms with E-state index in [2.05, 4.69) is 17.4 Å². The number of nitrogens with zero attached hydrogens (tertiary/aromatic N) is 1. The molecule has 0 bridgehead atoms. The van der Waals surface area contributed by atoms with E-state index < -0.39 is 0 Å². The van der Waals surface area contributed by atoms with Gasteiger partial charge in [0.1, 0.15) is 5.84 Å². The van der Waals surface area contributed by atoms with Gasteiger partial charge < -0.3 is 16.3 Å². The number of amidine groups is 1. The Morgan fingerprint density at radius 3 is 2.75 bits per heavy atom. The molecular weight excluding hydrogens is 250 g/mol. The molecule has 0 aliphatic heterocycles. The molecule has 3 atom stereocenters. The Balaban J connectivity index is 1.92. The Morgan fingerprint density at radius 2 is 2.15 bits per heavy atom. The first kappa shape index (κ1) is 14.9. The van der Waals surface area contributed by atoms with E-state index in [1.165, 1.54) is 19.3 Å². The fourth-order valence-corrected chi connectivity index (χ4v) is 3.09. The van der Waals surface area contributed by atoms with Crippen molar-refractivity contribution in [2.45, 2.75) is 32.1 Å². The van der Waals surface area contributed by atoms with Gasteiger partial charge in [-0.1, -0.05) is 55.3 Å². The molecule has 1 aliphatic carbocycles. The number of benzene rings is 1. The van der Waals surface area contributed by atoms with Crippen LogP contribution in [0.1, 0.15) is 37.7 Å². The van der Waals surface area contributed by atoms with Gasteiger partial charge in [0.15, 0.2) is 0 Å². The predicted octanol–water partition coefficient (Wildman–Crippen LogP) is 2.54. The zero-order valence-electron chi connectivity index (χ0n) is 12.1. The lowest BCUT2D eigenvalue weighted by atomic mass is 9.96. The summed E-state index contributed by atoms with van der Waals surface area (Å²) in [6.07, 6.45) is 4.00. The molecule has 4 heteroatoms. The maximum atomic E-state index is 8.95. The van der Waals surface area contributed by atoms with Gasteiger partial charge in [0.2, 0.25) is 0 Å². The molecule has 0 aromatic heterocycles. The first-order chi connectivity index (χ1) is 9.72. The normalized spacial score (nSPS) is 24.8. The summed E-state index contributed by atoms with van der Waals surface area (Å²) in [5, 5.41) is 15.6. The molecule has 1 fully saturated rings. The maximum absolute atomic E-state index is 8.95. The maximum Gasteiger partial charge on any atom is 0.147 e. The minimum absolute atomic E-state index is 0.0714. The SMILES string of the molecule is CC1CCCC1CNCC(/C(N)=N/O)c1ccccc1. The van der Waals surface area contributed by atoms with Crippen molar-refractivity contribution in [2.24, 2.45) is 22.7 Å². The van der Waals surface area contributed by atoms with Crippen LogP contribution in [-0.2, 0) is 0 Å². The van der Waals surface area contributed by atoms with Crippen LogP contribution in [0.4, 0.5) is 0 Å². The molecule has 0 radical (unpaired) electrons. The summed E-state index contributed by atoms with van der Waals surface area (Å²) in [4.78, 5) is 0. The molecule has 1 aromatic carbocycles. The van der Waals surface area contributed by atoms with E-state index in [1.54, 1.807) is 0 Å². The molecule has 4 nitrogen and oxygen atoms in total. The Kier molecular flexibility index (Phi) is 5.41. The van der Waals surface area contributed by atoms with Crippen molar-refractivity contribution in [3.05, 3.63) is 35.9 Å². The van der Waals surface area contributed by atoms with Gasteiger partial charge in [-0.05, 0) is 30.4 Å². The minimum Gasteiger partial charge on any atom is -0.409 e. The van der Waals surface area contributed by atoms with Crippen LogP contribution in [0, 0.1) is 11.8 Å². The summed E-state index contributed by atoms with van der Waals surface area (Å²) in [7, 11) is 0. The number of rotatable bonds is 6. The van der Waals surface area contributed by atoms with Gasteiger partial charge in [-0.2, -0.15) is 0 Å². The Bertz CT molecular complexity index is 433. The number of oxime groups is 1. The van der Waals surface area contributed by atoms with Gasteiger partial charge in [-0.3, -0.25) is 0 Å². The molecule has 1 saturated carbocycles. The zero-order valence-corrected chi connectivity index (χ0v) is 12.1. The molecule has 0 spiro atoms. The highest BCUT2D eigenvalue weighted by Crippen LogP contribution is 2.30. The average molecular weight is 275 g/mol. The largest absolute Gasteiger partial charge is 0.409 e. The van der Waals surface area contributed by atoms with Crippen LogP contribution in [0.15, 0.2) is 35.5 Å². The molecule has 20 heavy (non-hydrogen) atoms. The van der Waals surface area contributed by atoms with E-state index >= 15 is 0 Å². The summed E-state index contributed by atoms with van der Waals surface area (Å²) in [6.45, 7) is 4.06. The Labute approximate surface area is 121 Å². The summed E-state index contributed by atoms with van der Waals surface area (Å²) >= 11 is 0. The van der Waals surface area contributed by atoms with Crippen molar-refractivity contribution in [2.75, 3.05) is 13.1 Å². The van der Waals surface area contributed by atoms with Gasteiger partial charge in [0, 0.05) is 6.54 Å². The monoisotopic (exact) mass is 275 g/mol. The minimum atomic E-state index is -0.0714. The second-order valence-corrected chi connectivity index (χ2v) is 5.81. The molecule has 1 aromatic rings. The second-order valence-electron chi connectivity index (χ2n) is 5.81. The van der Waals surface area contributed by atoms with Crippen LogP contribution >= 0.6 is 0 Å². The number of hydrogen-bond donors (Lipinski definition) is 3. The molecule has 1 aliphatic rings. The van der Waals surface area contributed by atoms with Gasteiger partial charge in [-0.25, -0.2) is 0 Å². The zero-order chi connectivity index (χ0) is 14.4. The third-order valence-electron chi connectivity index (χ3n) is 4.47. The van der Waals surface area contributed by atoms with Crippen molar-refractivity contribution in [1.82, 2.24) is 5.32 Å². The topological polar surface area (TPSA) is 70.6 Å². The van der Waals surface area contributed by atoms with E-state index in [4.69, 9.17) is 10.9 Å². The van der Waals surface area contributed by atoms with E-state index in [0.717, 1.165) is 23.9 Å². The van der Waals surface area contributed by atoms with Gasteiger partial charge in [0.05, 0.1) is 5.92 Å². The molecule has 0 amide bonds. The van der Waals surface area contributed by atoms with E-state index in [1.807, 2.05) is 30.3 Å². The van der Waals surface area contributed by atoms with E-state index in [-0.39, 0.29) is 11.8 Å². The lowest BCUT2D eigenvalue weighted by molar-refractivity contribution is 0.315. The van der Waals surface area contributed by atoms with Crippen molar-refractivity contribution in [3.8, 4) is 0 Å². The Hall–Kier alpha value is -1.55. The fraction of sp³-hybridized carbons (Fsp3) is 0.562. The summed E-state index contributed by atoms with van der Waals surface area (Å²) in [5.74, 6) is 1.77. The van der Waals surface area contributed by atoms with Gasteiger partial charge in [0.25, 0.3) is 0 Å². The number of nitrogens with two attached hydrogens (primary N) is 1. The lowest BCUT2D eigenvalue weighted by Gasteiger charge is -2.20. The summed E-state index contributed by atoms with van der Waals surface area (Å²) in [5.41, 5.74) is 6.91. The van der Waals surface area contributed by atoms with E-state index in [9.17, 15) is 0 Å². The first-order valence-electron chi connectivity index (χ1n) is 7.45. The van der Waals surface area contributed by atoms with Crippen LogP contribution in [0.2, 0.25) is 0 Å². The van der Waals surface area contributed by atoms with Crippen LogP contribution in [0.3, 0.4) is 0 Å². The number of hydrogen-bond acceptors (Lipinski definition) is 3. The molecule has 0 heterocycles. The van der Waals surface area contributed by atoms with Crippen molar-refractivity contribution in [3.63, 3.8) is 0 Å². The molecule has 3 unspecified atom stereocenters. The summed E-state index contributed by atoms with van der Waals surface area (Å²) in [6, 6.07) is 9.96. The second kappa shape index (κ2) is 7.29. The molecule has 110 valence electrons. The van der Waals surface area contributed by atoms with Crippen LogP contribution < -0.4 is 11.1 Å². The van der Waals surface area contributed by atoms with Crippen LogP contribution in [0.25, 0.3) is 0 Å².